The molecule has 0 bridgehead atoms. The highest BCUT2D eigenvalue weighted by Gasteiger charge is 2.48. The third kappa shape index (κ3) is 5.31. The zero-order valence-electron chi connectivity index (χ0n) is 19.3. The summed E-state index contributed by atoms with van der Waals surface area (Å²) in [4.78, 5) is 15.1. The Morgan fingerprint density at radius 1 is 1.44 bits per heavy atom. The molecule has 3 unspecified atom stereocenters. The van der Waals surface area contributed by atoms with Crippen LogP contribution in [0.15, 0.2) is 45.4 Å². The number of rotatable bonds is 8. The SMILES string of the molecule is C=C(Br)CCCN1C(=O)C(C2=NP(=O)(OC)c3cc(NS(=O)O)ccc3N2)=C(O)C1C(C)(C)C. The Morgan fingerprint density at radius 2 is 2.12 bits per heavy atom. The number of hydrogen-bond donors (Lipinski definition) is 4. The van der Waals surface area contributed by atoms with Crippen LogP contribution in [0.4, 0.5) is 11.4 Å². The van der Waals surface area contributed by atoms with Crippen molar-refractivity contribution in [3.63, 3.8) is 0 Å². The van der Waals surface area contributed by atoms with E-state index in [0.29, 0.717) is 25.1 Å². The van der Waals surface area contributed by atoms with E-state index in [1.165, 1.54) is 25.3 Å². The summed E-state index contributed by atoms with van der Waals surface area (Å²) in [5, 5.41) is 14.3. The van der Waals surface area contributed by atoms with Gasteiger partial charge in [-0.15, -0.1) is 0 Å². The normalized spacial score (nSPS) is 23.4. The number of hydrogen-bond acceptors (Lipinski definition) is 6. The van der Waals surface area contributed by atoms with Crippen molar-refractivity contribution >= 4 is 63.1 Å². The van der Waals surface area contributed by atoms with E-state index in [9.17, 15) is 18.7 Å². The second-order valence-corrected chi connectivity index (χ2v) is 12.9. The Labute approximate surface area is 209 Å². The van der Waals surface area contributed by atoms with Crippen LogP contribution in [0.5, 0.6) is 0 Å². The van der Waals surface area contributed by atoms with Crippen molar-refractivity contribution in [3.05, 3.63) is 40.6 Å². The van der Waals surface area contributed by atoms with E-state index in [1.54, 1.807) is 4.90 Å². The van der Waals surface area contributed by atoms with Crippen LogP contribution < -0.4 is 15.3 Å². The van der Waals surface area contributed by atoms with Crippen LogP contribution in [0.2, 0.25) is 0 Å². The first-order valence-corrected chi connectivity index (χ1v) is 13.9. The number of halogens is 1. The maximum Gasteiger partial charge on any atom is 0.348 e. The maximum atomic E-state index is 13.6. The second-order valence-electron chi connectivity index (χ2n) is 9.01. The van der Waals surface area contributed by atoms with Crippen molar-refractivity contribution in [2.24, 2.45) is 10.2 Å². The smallest absolute Gasteiger partial charge is 0.348 e. The number of allylic oxidation sites excluding steroid dienone is 1. The molecule has 2 aliphatic heterocycles. The Morgan fingerprint density at radius 3 is 2.68 bits per heavy atom. The van der Waals surface area contributed by atoms with Gasteiger partial charge < -0.3 is 19.8 Å². The van der Waals surface area contributed by atoms with Gasteiger partial charge >= 0.3 is 7.52 Å². The van der Waals surface area contributed by atoms with Crippen molar-refractivity contribution in [1.82, 2.24) is 4.90 Å². The fourth-order valence-electron chi connectivity index (χ4n) is 4.05. The van der Waals surface area contributed by atoms with Crippen LogP contribution in [-0.4, -0.2) is 50.2 Å². The Kier molecular flexibility index (Phi) is 7.79. The lowest BCUT2D eigenvalue weighted by molar-refractivity contribution is -0.128. The molecule has 2 aliphatic rings. The Bertz CT molecular complexity index is 1160. The van der Waals surface area contributed by atoms with Crippen molar-refractivity contribution in [3.8, 4) is 0 Å². The molecule has 34 heavy (non-hydrogen) atoms. The molecule has 2 heterocycles. The molecule has 0 aliphatic carbocycles. The lowest BCUT2D eigenvalue weighted by atomic mass is 9.85. The molecule has 1 aromatic rings. The van der Waals surface area contributed by atoms with Crippen LogP contribution in [0.3, 0.4) is 0 Å². The first kappa shape index (κ1) is 26.6. The molecule has 0 spiro atoms. The van der Waals surface area contributed by atoms with Crippen LogP contribution in [0.25, 0.3) is 0 Å². The molecule has 0 fully saturated rings. The van der Waals surface area contributed by atoms with Gasteiger partial charge in [-0.1, -0.05) is 43.3 Å². The first-order chi connectivity index (χ1) is 15.8. The highest BCUT2D eigenvalue weighted by Crippen LogP contribution is 2.52. The van der Waals surface area contributed by atoms with Gasteiger partial charge in [0.05, 0.1) is 17.0 Å². The Hall–Kier alpha value is -1.98. The van der Waals surface area contributed by atoms with Crippen LogP contribution in [0.1, 0.15) is 33.6 Å². The summed E-state index contributed by atoms with van der Waals surface area (Å²) in [6.45, 7) is 9.98. The zero-order chi connectivity index (χ0) is 25.4. The number of aliphatic hydroxyl groups excluding tert-OH is 1. The van der Waals surface area contributed by atoms with Crippen LogP contribution in [-0.2, 0) is 25.1 Å². The third-order valence-corrected chi connectivity index (χ3v) is 8.19. The summed E-state index contributed by atoms with van der Waals surface area (Å²) < 4.78 is 46.4. The average molecular weight is 575 g/mol. The molecule has 0 saturated heterocycles. The number of amidine groups is 1. The molecule has 186 valence electrons. The average Bonchev–Trinajstić information content (AvgIpc) is 2.97. The highest BCUT2D eigenvalue weighted by atomic mass is 79.9. The number of amides is 1. The molecular weight excluding hydrogens is 547 g/mol. The van der Waals surface area contributed by atoms with E-state index < -0.39 is 36.2 Å². The number of carbonyl (C=O) groups is 1. The molecule has 1 aromatic carbocycles. The number of benzene rings is 1. The van der Waals surface area contributed by atoms with Gasteiger partial charge in [0.2, 0.25) is 0 Å². The summed E-state index contributed by atoms with van der Waals surface area (Å²) in [5.74, 6) is -0.626. The van der Waals surface area contributed by atoms with Gasteiger partial charge in [0, 0.05) is 19.3 Å². The summed E-state index contributed by atoms with van der Waals surface area (Å²) in [7, 11) is -2.63. The topological polar surface area (TPSA) is 141 Å². The minimum absolute atomic E-state index is 0.0479. The van der Waals surface area contributed by atoms with Gasteiger partial charge in [-0.2, -0.15) is 4.76 Å². The van der Waals surface area contributed by atoms with Gasteiger partial charge in [0.25, 0.3) is 17.2 Å². The summed E-state index contributed by atoms with van der Waals surface area (Å²) in [6, 6.07) is 3.83. The molecule has 10 nitrogen and oxygen atoms in total. The van der Waals surface area contributed by atoms with Crippen molar-refractivity contribution in [2.45, 2.75) is 39.7 Å². The molecule has 4 N–H and O–H groups in total. The number of fused-ring (bicyclic) bond motifs is 1. The number of nitrogens with zero attached hydrogens (tertiary/aromatic N) is 2. The second kappa shape index (κ2) is 9.94. The molecule has 3 rings (SSSR count). The van der Waals surface area contributed by atoms with E-state index in [-0.39, 0.29) is 28.2 Å². The number of nitrogens with one attached hydrogen (secondary N) is 2. The van der Waals surface area contributed by atoms with Crippen LogP contribution >= 0.6 is 23.4 Å². The van der Waals surface area contributed by atoms with Gasteiger partial charge in [-0.25, -0.2) is 4.21 Å². The van der Waals surface area contributed by atoms with E-state index >= 15 is 0 Å². The van der Waals surface area contributed by atoms with E-state index in [4.69, 9.17) is 9.08 Å². The minimum atomic E-state index is -3.86. The molecule has 0 radical (unpaired) electrons. The lowest BCUT2D eigenvalue weighted by Crippen LogP contribution is -2.44. The zero-order valence-corrected chi connectivity index (χ0v) is 22.6. The Balaban J connectivity index is 2.04. The molecule has 13 heteroatoms. The molecule has 1 amide bonds. The molecular formula is C21H28BrN4O6PS. The number of anilines is 2. The summed E-state index contributed by atoms with van der Waals surface area (Å²) >= 11 is 1.01. The standard InChI is InChI=1S/C21H28BrN4O6PS/c1-12(22)7-6-10-26-18(21(2,3)4)17(27)16(20(26)28)19-23-14-9-8-13(25-34(30)31)11-15(14)33(29,24-19)32-5/h8-9,11,18,25,27H,1,6-7,10H2,2-5H3,(H,30,31)(H,23,24,29). The summed E-state index contributed by atoms with van der Waals surface area (Å²) in [5.41, 5.74) is 0.0487. The fourth-order valence-corrected chi connectivity index (χ4v) is 6.20. The number of aliphatic hydroxyl groups is 1. The lowest BCUT2D eigenvalue weighted by Gasteiger charge is -2.35. The van der Waals surface area contributed by atoms with Gasteiger partial charge in [-0.3, -0.25) is 18.6 Å². The monoisotopic (exact) mass is 574 g/mol. The molecule has 3 atom stereocenters. The summed E-state index contributed by atoms with van der Waals surface area (Å²) in [6.07, 6.45) is 1.31. The molecule has 0 aromatic heterocycles. The van der Waals surface area contributed by atoms with Crippen molar-refractivity contribution in [2.75, 3.05) is 23.7 Å². The predicted octanol–water partition coefficient (Wildman–Crippen LogP) is 4.28. The van der Waals surface area contributed by atoms with Crippen molar-refractivity contribution in [1.29, 1.82) is 0 Å². The maximum absolute atomic E-state index is 13.6. The van der Waals surface area contributed by atoms with Gasteiger partial charge in [0.1, 0.15) is 11.3 Å². The highest BCUT2D eigenvalue weighted by molar-refractivity contribution is 9.11. The minimum Gasteiger partial charge on any atom is -0.509 e. The largest absolute Gasteiger partial charge is 0.509 e. The fraction of sp³-hybridized carbons (Fsp3) is 0.429. The predicted molar refractivity (Wildman–Crippen MR) is 138 cm³/mol. The quantitative estimate of drug-likeness (QED) is 0.268. The van der Waals surface area contributed by atoms with E-state index in [1.807, 2.05) is 20.8 Å². The number of carbonyl (C=O) groups excluding carboxylic acids is 1. The third-order valence-electron chi connectivity index (χ3n) is 5.45. The van der Waals surface area contributed by atoms with Gasteiger partial charge in [-0.05, 0) is 40.9 Å². The molecule has 0 saturated carbocycles. The van der Waals surface area contributed by atoms with Gasteiger partial charge in [0.15, 0.2) is 5.84 Å². The first-order valence-electron chi connectivity index (χ1n) is 10.4. The van der Waals surface area contributed by atoms with E-state index in [0.717, 1.165) is 4.48 Å². The van der Waals surface area contributed by atoms with Crippen LogP contribution in [0, 0.1) is 5.41 Å². The van der Waals surface area contributed by atoms with Crippen molar-refractivity contribution < 1.29 is 27.8 Å². The van der Waals surface area contributed by atoms with E-state index in [2.05, 4.69) is 37.3 Å².